The Morgan fingerprint density at radius 2 is 1.96 bits per heavy atom. The van der Waals surface area contributed by atoms with Crippen molar-refractivity contribution in [3.63, 3.8) is 0 Å². The first-order valence-electron chi connectivity index (χ1n) is 9.68. The molecule has 0 aliphatic carbocycles. The van der Waals surface area contributed by atoms with Crippen LogP contribution in [0.25, 0.3) is 0 Å². The van der Waals surface area contributed by atoms with Crippen molar-refractivity contribution in [3.8, 4) is 5.75 Å². The number of para-hydroxylation sites is 1. The van der Waals surface area contributed by atoms with Gasteiger partial charge in [0.2, 0.25) is 0 Å². The van der Waals surface area contributed by atoms with Gasteiger partial charge in [0.1, 0.15) is 5.75 Å². The third-order valence-electron chi connectivity index (χ3n) is 4.41. The second-order valence-corrected chi connectivity index (χ2v) is 6.73. The fourth-order valence-electron chi connectivity index (χ4n) is 3.18. The highest BCUT2D eigenvalue weighted by molar-refractivity contribution is 5.79. The number of aliphatic imine (C=N–C) groups is 1. The Labute approximate surface area is 152 Å². The molecule has 1 aliphatic rings. The molecule has 5 nitrogen and oxygen atoms in total. The van der Waals surface area contributed by atoms with Crippen molar-refractivity contribution in [2.75, 3.05) is 39.3 Å². The Hall–Kier alpha value is -1.75. The first-order chi connectivity index (χ1) is 12.2. The van der Waals surface area contributed by atoms with Crippen molar-refractivity contribution in [3.05, 3.63) is 29.8 Å². The summed E-state index contributed by atoms with van der Waals surface area (Å²) in [7, 11) is 0. The predicted molar refractivity (Wildman–Crippen MR) is 105 cm³/mol. The lowest BCUT2D eigenvalue weighted by molar-refractivity contribution is 0.287. The number of nitrogens with one attached hydrogen (secondary N) is 2. The molecule has 2 rings (SSSR count). The van der Waals surface area contributed by atoms with E-state index in [1.165, 1.54) is 32.5 Å². The van der Waals surface area contributed by atoms with E-state index < -0.39 is 0 Å². The highest BCUT2D eigenvalue weighted by Gasteiger charge is 2.14. The van der Waals surface area contributed by atoms with Gasteiger partial charge in [-0.15, -0.1) is 0 Å². The Morgan fingerprint density at radius 3 is 2.68 bits per heavy atom. The minimum atomic E-state index is 0.609. The van der Waals surface area contributed by atoms with Crippen LogP contribution in [-0.4, -0.2) is 50.2 Å². The molecule has 2 N–H and O–H groups in total. The molecule has 0 bridgehead atoms. The molecular weight excluding hydrogens is 312 g/mol. The van der Waals surface area contributed by atoms with E-state index in [-0.39, 0.29) is 0 Å². The first-order valence-corrected chi connectivity index (χ1v) is 9.68. The molecule has 0 spiro atoms. The number of ether oxygens (including phenoxy) is 1. The quantitative estimate of drug-likeness (QED) is 0.533. The highest BCUT2D eigenvalue weighted by Crippen LogP contribution is 2.18. The first kappa shape index (κ1) is 19.6. The van der Waals surface area contributed by atoms with Crippen LogP contribution in [0, 0.1) is 5.92 Å². The number of rotatable bonds is 9. The van der Waals surface area contributed by atoms with Crippen molar-refractivity contribution in [1.29, 1.82) is 0 Å². The number of nitrogens with zero attached hydrogens (tertiary/aromatic N) is 2. The van der Waals surface area contributed by atoms with Crippen LogP contribution < -0.4 is 15.4 Å². The second kappa shape index (κ2) is 11.0. The monoisotopic (exact) mass is 346 g/mol. The molecule has 0 radical (unpaired) electrons. The summed E-state index contributed by atoms with van der Waals surface area (Å²) < 4.78 is 5.69. The SMILES string of the molecule is CCNC(=NCc1ccccc1OCC)NCC(C)CN1CCCC1. The Morgan fingerprint density at radius 1 is 1.20 bits per heavy atom. The maximum absolute atomic E-state index is 5.69. The normalized spacial score (nSPS) is 16.7. The van der Waals surface area contributed by atoms with Crippen molar-refractivity contribution in [2.24, 2.45) is 10.9 Å². The molecule has 1 aromatic carbocycles. The van der Waals surface area contributed by atoms with Gasteiger partial charge in [-0.1, -0.05) is 25.1 Å². The van der Waals surface area contributed by atoms with E-state index in [0.29, 0.717) is 19.1 Å². The van der Waals surface area contributed by atoms with Crippen LogP contribution in [0.2, 0.25) is 0 Å². The molecule has 0 aromatic heterocycles. The number of benzene rings is 1. The third-order valence-corrected chi connectivity index (χ3v) is 4.41. The van der Waals surface area contributed by atoms with Gasteiger partial charge in [-0.05, 0) is 51.8 Å². The fraction of sp³-hybridized carbons (Fsp3) is 0.650. The minimum Gasteiger partial charge on any atom is -0.494 e. The Bertz CT molecular complexity index is 526. The van der Waals surface area contributed by atoms with Gasteiger partial charge < -0.3 is 20.3 Å². The topological polar surface area (TPSA) is 48.9 Å². The maximum Gasteiger partial charge on any atom is 0.191 e. The molecule has 5 heteroatoms. The van der Waals surface area contributed by atoms with Gasteiger partial charge in [0.15, 0.2) is 5.96 Å². The van der Waals surface area contributed by atoms with Crippen LogP contribution >= 0.6 is 0 Å². The van der Waals surface area contributed by atoms with Crippen LogP contribution in [0.4, 0.5) is 0 Å². The molecule has 0 amide bonds. The summed E-state index contributed by atoms with van der Waals surface area (Å²) in [6, 6.07) is 8.12. The summed E-state index contributed by atoms with van der Waals surface area (Å²) in [5.41, 5.74) is 1.12. The number of hydrogen-bond donors (Lipinski definition) is 2. The number of likely N-dealkylation sites (tertiary alicyclic amines) is 1. The molecule has 1 aromatic rings. The largest absolute Gasteiger partial charge is 0.494 e. The van der Waals surface area contributed by atoms with E-state index in [2.05, 4.69) is 35.4 Å². The molecule has 1 atom stereocenters. The van der Waals surface area contributed by atoms with E-state index >= 15 is 0 Å². The van der Waals surface area contributed by atoms with Gasteiger partial charge in [0.05, 0.1) is 13.2 Å². The van der Waals surface area contributed by atoms with E-state index in [0.717, 1.165) is 30.4 Å². The van der Waals surface area contributed by atoms with E-state index in [4.69, 9.17) is 9.73 Å². The third kappa shape index (κ3) is 6.94. The molecule has 140 valence electrons. The molecule has 1 heterocycles. The van der Waals surface area contributed by atoms with Crippen molar-refractivity contribution in [1.82, 2.24) is 15.5 Å². The smallest absolute Gasteiger partial charge is 0.191 e. The molecule has 25 heavy (non-hydrogen) atoms. The van der Waals surface area contributed by atoms with Gasteiger partial charge in [0, 0.05) is 25.2 Å². The zero-order chi connectivity index (χ0) is 17.9. The van der Waals surface area contributed by atoms with Crippen molar-refractivity contribution in [2.45, 2.75) is 40.2 Å². The van der Waals surface area contributed by atoms with Gasteiger partial charge in [-0.25, -0.2) is 4.99 Å². The lowest BCUT2D eigenvalue weighted by Crippen LogP contribution is -2.41. The zero-order valence-corrected chi connectivity index (χ0v) is 16.1. The van der Waals surface area contributed by atoms with Crippen LogP contribution in [0.15, 0.2) is 29.3 Å². The van der Waals surface area contributed by atoms with Gasteiger partial charge >= 0.3 is 0 Å². The van der Waals surface area contributed by atoms with E-state index in [9.17, 15) is 0 Å². The molecule has 1 saturated heterocycles. The van der Waals surface area contributed by atoms with Crippen LogP contribution in [0.5, 0.6) is 5.75 Å². The predicted octanol–water partition coefficient (Wildman–Crippen LogP) is 2.87. The lowest BCUT2D eigenvalue weighted by Gasteiger charge is -2.21. The van der Waals surface area contributed by atoms with Crippen molar-refractivity contribution < 1.29 is 4.74 Å². The average molecular weight is 347 g/mol. The van der Waals surface area contributed by atoms with Gasteiger partial charge in [0.25, 0.3) is 0 Å². The van der Waals surface area contributed by atoms with E-state index in [1.54, 1.807) is 0 Å². The van der Waals surface area contributed by atoms with Gasteiger partial charge in [-0.2, -0.15) is 0 Å². The minimum absolute atomic E-state index is 0.609. The summed E-state index contributed by atoms with van der Waals surface area (Å²) in [5, 5.41) is 6.83. The summed E-state index contributed by atoms with van der Waals surface area (Å²) in [6.07, 6.45) is 2.70. The fourth-order valence-corrected chi connectivity index (χ4v) is 3.18. The second-order valence-electron chi connectivity index (χ2n) is 6.73. The molecule has 1 fully saturated rings. The average Bonchev–Trinajstić information content (AvgIpc) is 3.11. The van der Waals surface area contributed by atoms with E-state index in [1.807, 2.05) is 25.1 Å². The maximum atomic E-state index is 5.69. The number of hydrogen-bond acceptors (Lipinski definition) is 3. The summed E-state index contributed by atoms with van der Waals surface area (Å²) in [6.45, 7) is 13.2. The molecule has 1 unspecified atom stereocenters. The highest BCUT2D eigenvalue weighted by atomic mass is 16.5. The van der Waals surface area contributed by atoms with Crippen LogP contribution in [0.3, 0.4) is 0 Å². The standard InChI is InChI=1S/C20H34N4O/c1-4-21-20(22-14-17(3)16-24-12-8-9-13-24)23-15-18-10-6-7-11-19(18)25-5-2/h6-7,10-11,17H,4-5,8-9,12-16H2,1-3H3,(H2,21,22,23). The molecule has 1 aliphatic heterocycles. The van der Waals surface area contributed by atoms with Crippen molar-refractivity contribution >= 4 is 5.96 Å². The summed E-state index contributed by atoms with van der Waals surface area (Å²) in [4.78, 5) is 7.30. The van der Waals surface area contributed by atoms with Crippen LogP contribution in [-0.2, 0) is 6.54 Å². The van der Waals surface area contributed by atoms with Gasteiger partial charge in [-0.3, -0.25) is 0 Å². The molecular formula is C20H34N4O. The van der Waals surface area contributed by atoms with Crippen LogP contribution in [0.1, 0.15) is 39.2 Å². The summed E-state index contributed by atoms with van der Waals surface area (Å²) in [5.74, 6) is 2.41. The zero-order valence-electron chi connectivity index (χ0n) is 16.1. The lowest BCUT2D eigenvalue weighted by atomic mass is 10.1. The molecule has 0 saturated carbocycles. The Kier molecular flexibility index (Phi) is 8.60. The number of guanidine groups is 1. The Balaban J connectivity index is 1.87. The summed E-state index contributed by atoms with van der Waals surface area (Å²) >= 11 is 0.